The topological polar surface area (TPSA) is 97.0 Å². The minimum Gasteiger partial charge on any atom is -0.496 e. The molecule has 2 aromatic rings. The van der Waals surface area contributed by atoms with Crippen LogP contribution in [0.1, 0.15) is 55.5 Å². The van der Waals surface area contributed by atoms with Crippen LogP contribution in [0, 0.1) is 0 Å². The van der Waals surface area contributed by atoms with E-state index >= 15 is 0 Å². The number of nitrogens with zero attached hydrogens (tertiary/aromatic N) is 1. The summed E-state index contributed by atoms with van der Waals surface area (Å²) in [5.74, 6) is 0.356. The summed E-state index contributed by atoms with van der Waals surface area (Å²) in [6.07, 6.45) is 2.63. The van der Waals surface area contributed by atoms with Crippen molar-refractivity contribution in [3.8, 4) is 5.75 Å². The zero-order valence-corrected chi connectivity index (χ0v) is 22.1. The van der Waals surface area contributed by atoms with Crippen molar-refractivity contribution in [1.82, 2.24) is 14.3 Å². The van der Waals surface area contributed by atoms with Crippen molar-refractivity contribution in [2.24, 2.45) is 0 Å². The van der Waals surface area contributed by atoms with Crippen LogP contribution in [0.15, 0.2) is 54.6 Å². The molecule has 36 heavy (non-hydrogen) atoms. The van der Waals surface area contributed by atoms with Crippen LogP contribution in [-0.4, -0.2) is 63.6 Å². The highest BCUT2D eigenvalue weighted by Crippen LogP contribution is 2.39. The maximum atomic E-state index is 13.1. The number of benzene rings is 2. The second kappa shape index (κ2) is 11.3. The van der Waals surface area contributed by atoms with Gasteiger partial charge in [-0.25, -0.2) is 0 Å². The first-order valence-corrected chi connectivity index (χ1v) is 14.1. The highest BCUT2D eigenvalue weighted by atomic mass is 32.2. The van der Waals surface area contributed by atoms with Crippen LogP contribution in [-0.2, 0) is 20.4 Å². The molecule has 4 rings (SSSR count). The molecular weight excluding hydrogens is 478 g/mol. The number of nitrogens with one attached hydrogen (secondary N) is 2. The fourth-order valence-electron chi connectivity index (χ4n) is 5.44. The van der Waals surface area contributed by atoms with E-state index in [9.17, 15) is 13.2 Å². The number of para-hydroxylation sites is 1. The smallest absolute Gasteiger partial charge is 0.279 e. The lowest BCUT2D eigenvalue weighted by molar-refractivity contribution is -0.0445. The number of hydrogen-bond donors (Lipinski definition) is 2. The molecule has 1 heterocycles. The Morgan fingerprint density at radius 2 is 1.64 bits per heavy atom. The summed E-state index contributed by atoms with van der Waals surface area (Å²) < 4.78 is 41.7. The minimum atomic E-state index is -3.60. The fourth-order valence-corrected chi connectivity index (χ4v) is 7.05. The third kappa shape index (κ3) is 6.08. The summed E-state index contributed by atoms with van der Waals surface area (Å²) in [5, 5.41) is 3.13. The number of rotatable bonds is 8. The van der Waals surface area contributed by atoms with Gasteiger partial charge in [0.05, 0.1) is 24.9 Å². The molecule has 0 spiro atoms. The second-order valence-electron chi connectivity index (χ2n) is 10.0. The summed E-state index contributed by atoms with van der Waals surface area (Å²) in [7, 11) is -2.05. The van der Waals surface area contributed by atoms with Gasteiger partial charge in [-0.1, -0.05) is 42.5 Å². The Hall–Kier alpha value is -2.46. The van der Waals surface area contributed by atoms with E-state index in [2.05, 4.69) is 22.2 Å². The standard InChI is InChI=1S/C27H37N3O5S/c1-20-17-30(18-21(2)35-20)36(32,33)29-23-13-15-27(16-14-23,22-9-5-4-6-10-22)19-28-26(31)24-11-7-8-12-25(24)34-3/h4-12,20-21,23,29H,13-19H2,1-3H3,(H,28,31)/t20?,21?,23-,27-. The predicted molar refractivity (Wildman–Crippen MR) is 139 cm³/mol. The van der Waals surface area contributed by atoms with E-state index in [4.69, 9.17) is 9.47 Å². The number of amides is 1. The van der Waals surface area contributed by atoms with Gasteiger partial charge < -0.3 is 14.8 Å². The number of methoxy groups -OCH3 is 1. The van der Waals surface area contributed by atoms with E-state index < -0.39 is 10.2 Å². The van der Waals surface area contributed by atoms with Crippen molar-refractivity contribution >= 4 is 16.1 Å². The van der Waals surface area contributed by atoms with Gasteiger partial charge >= 0.3 is 0 Å². The Kier molecular flexibility index (Phi) is 8.34. The minimum absolute atomic E-state index is 0.130. The summed E-state index contributed by atoms with van der Waals surface area (Å²) in [5.41, 5.74) is 1.38. The van der Waals surface area contributed by atoms with Crippen molar-refractivity contribution in [1.29, 1.82) is 0 Å². The average Bonchev–Trinajstić information content (AvgIpc) is 2.88. The molecule has 196 valence electrons. The van der Waals surface area contributed by atoms with Gasteiger partial charge in [0.1, 0.15) is 5.75 Å². The third-order valence-corrected chi connectivity index (χ3v) is 8.92. The van der Waals surface area contributed by atoms with E-state index in [1.54, 1.807) is 19.2 Å². The van der Waals surface area contributed by atoms with E-state index in [-0.39, 0.29) is 29.6 Å². The molecule has 2 N–H and O–H groups in total. The van der Waals surface area contributed by atoms with E-state index in [1.165, 1.54) is 4.31 Å². The Bertz CT molecular complexity index is 1120. The van der Waals surface area contributed by atoms with Crippen LogP contribution in [0.4, 0.5) is 0 Å². The lowest BCUT2D eigenvalue weighted by atomic mass is 9.68. The lowest BCUT2D eigenvalue weighted by Gasteiger charge is -2.42. The molecule has 1 amide bonds. The summed E-state index contributed by atoms with van der Waals surface area (Å²) in [4.78, 5) is 13.0. The molecule has 2 fully saturated rings. The second-order valence-corrected chi connectivity index (χ2v) is 11.7. The van der Waals surface area contributed by atoms with Crippen LogP contribution >= 0.6 is 0 Å². The van der Waals surface area contributed by atoms with E-state index in [1.807, 2.05) is 44.2 Å². The molecule has 2 aliphatic rings. The number of carbonyl (C=O) groups excluding carboxylic acids is 1. The van der Waals surface area contributed by atoms with Gasteiger partial charge in [0.25, 0.3) is 16.1 Å². The molecule has 2 aromatic carbocycles. The van der Waals surface area contributed by atoms with E-state index in [0.717, 1.165) is 18.4 Å². The van der Waals surface area contributed by atoms with Gasteiger partial charge in [0.2, 0.25) is 0 Å². The first kappa shape index (κ1) is 26.6. The summed E-state index contributed by atoms with van der Waals surface area (Å²) >= 11 is 0. The third-order valence-electron chi connectivity index (χ3n) is 7.31. The molecule has 9 heteroatoms. The molecule has 2 unspecified atom stereocenters. The lowest BCUT2D eigenvalue weighted by Crippen LogP contribution is -2.55. The largest absolute Gasteiger partial charge is 0.496 e. The van der Waals surface area contributed by atoms with Gasteiger partial charge in [-0.2, -0.15) is 17.4 Å². The number of morpholine rings is 1. The van der Waals surface area contributed by atoms with Gasteiger partial charge in [-0.15, -0.1) is 0 Å². The molecule has 0 radical (unpaired) electrons. The Morgan fingerprint density at radius 1 is 1.03 bits per heavy atom. The van der Waals surface area contributed by atoms with Crippen LogP contribution in [0.2, 0.25) is 0 Å². The van der Waals surface area contributed by atoms with Gasteiger partial charge in [-0.05, 0) is 57.2 Å². The Morgan fingerprint density at radius 3 is 2.28 bits per heavy atom. The molecule has 1 aliphatic carbocycles. The SMILES string of the molecule is COc1ccccc1C(=O)NC[C@]1(c2ccccc2)CC[C@H](NS(=O)(=O)N2CC(C)OC(C)C2)CC1. The summed E-state index contributed by atoms with van der Waals surface area (Å²) in [6.45, 7) is 4.97. The van der Waals surface area contributed by atoms with E-state index in [0.29, 0.717) is 43.8 Å². The van der Waals surface area contributed by atoms with Gasteiger partial charge in [0, 0.05) is 31.1 Å². The van der Waals surface area contributed by atoms with Gasteiger partial charge in [0.15, 0.2) is 0 Å². The monoisotopic (exact) mass is 515 g/mol. The molecule has 1 saturated carbocycles. The highest BCUT2D eigenvalue weighted by molar-refractivity contribution is 7.87. The zero-order chi connectivity index (χ0) is 25.8. The number of hydrogen-bond acceptors (Lipinski definition) is 5. The molecular formula is C27H37N3O5S. The van der Waals surface area contributed by atoms with Crippen molar-refractivity contribution in [2.75, 3.05) is 26.7 Å². The zero-order valence-electron chi connectivity index (χ0n) is 21.3. The van der Waals surface area contributed by atoms with Crippen molar-refractivity contribution in [2.45, 2.75) is 63.2 Å². The summed E-state index contributed by atoms with van der Waals surface area (Å²) in [6, 6.07) is 17.2. The molecule has 2 atom stereocenters. The molecule has 0 bridgehead atoms. The number of ether oxygens (including phenoxy) is 2. The molecule has 1 saturated heterocycles. The first-order valence-electron chi connectivity index (χ1n) is 12.6. The quantitative estimate of drug-likeness (QED) is 0.563. The molecule has 8 nitrogen and oxygen atoms in total. The maximum absolute atomic E-state index is 13.1. The van der Waals surface area contributed by atoms with Gasteiger partial charge in [-0.3, -0.25) is 4.79 Å². The van der Waals surface area contributed by atoms with Crippen molar-refractivity contribution in [3.63, 3.8) is 0 Å². The van der Waals surface area contributed by atoms with Crippen molar-refractivity contribution in [3.05, 3.63) is 65.7 Å². The maximum Gasteiger partial charge on any atom is 0.279 e. The highest BCUT2D eigenvalue weighted by Gasteiger charge is 2.40. The molecule has 1 aliphatic heterocycles. The number of carbonyl (C=O) groups is 1. The van der Waals surface area contributed by atoms with Crippen LogP contribution in [0.25, 0.3) is 0 Å². The first-order chi connectivity index (χ1) is 17.2. The van der Waals surface area contributed by atoms with Crippen molar-refractivity contribution < 1.29 is 22.7 Å². The van der Waals surface area contributed by atoms with Crippen LogP contribution in [0.3, 0.4) is 0 Å². The average molecular weight is 516 g/mol. The van der Waals surface area contributed by atoms with Crippen LogP contribution < -0.4 is 14.8 Å². The Labute approximate surface area is 214 Å². The normalized spacial score (nSPS) is 27.4. The predicted octanol–water partition coefficient (Wildman–Crippen LogP) is 3.25. The molecule has 0 aromatic heterocycles. The Balaban J connectivity index is 1.45. The fraction of sp³-hybridized carbons (Fsp3) is 0.519. The van der Waals surface area contributed by atoms with Crippen LogP contribution in [0.5, 0.6) is 5.75 Å².